The van der Waals surface area contributed by atoms with E-state index in [0.29, 0.717) is 12.8 Å². The smallest absolute Gasteiger partial charge is 0.207 e. The fourth-order valence-corrected chi connectivity index (χ4v) is 12.4. The molecule has 0 aliphatic rings. The number of rotatable bonds is 14. The van der Waals surface area contributed by atoms with Crippen molar-refractivity contribution in [2.45, 2.75) is 68.4 Å². The van der Waals surface area contributed by atoms with Crippen LogP contribution in [-0.2, 0) is 0 Å². The van der Waals surface area contributed by atoms with Crippen molar-refractivity contribution in [3.63, 3.8) is 0 Å². The van der Waals surface area contributed by atoms with E-state index in [0.717, 1.165) is 12.1 Å². The maximum absolute atomic E-state index is 17.3. The zero-order valence-corrected chi connectivity index (χ0v) is 50.3. The van der Waals surface area contributed by atoms with Crippen molar-refractivity contribution in [3.8, 4) is 11.1 Å². The lowest BCUT2D eigenvalue weighted by Crippen LogP contribution is -2.78. The van der Waals surface area contributed by atoms with E-state index >= 15 is 70.2 Å². The van der Waals surface area contributed by atoms with Crippen LogP contribution in [0.5, 0.6) is 0 Å². The molecule has 0 aliphatic carbocycles. The second-order valence-electron chi connectivity index (χ2n) is 21.8. The Bertz CT molecular complexity index is 4580. The van der Waals surface area contributed by atoms with Gasteiger partial charge in [0.2, 0.25) is 5.82 Å². The van der Waals surface area contributed by atoms with Crippen LogP contribution in [0, 0.1) is 151 Å². The summed E-state index contributed by atoms with van der Waals surface area (Å²) in [6.07, 6.45) is -14.2. The lowest BCUT2D eigenvalue weighted by Gasteiger charge is -2.47. The SMILES string of the molecule is CCCCCCC(F)(F)C(F)(F)C(F)(F)[PH2+]C(F)(F)C(F)(F)F.Fc1ccc2c([B-](c3c(F)c(F)c(F)c4c(F)c(F)ccc34)(c3c(F)c(F)c(F)c4c(F)c(F)ccc34)c3c(F)c(F)c(F)c4c(F)c(F)ccc34)c(F)c(F)c(F)c2c1F.Fc1ccccc1-c1c(F)c(F)c(F)c(F)c1F. The first-order valence-electron chi connectivity index (χ1n) is 27.8. The van der Waals surface area contributed by atoms with E-state index < -0.39 is 284 Å². The van der Waals surface area contributed by atoms with Gasteiger partial charge in [-0.15, -0.1) is 21.9 Å². The van der Waals surface area contributed by atoms with Gasteiger partial charge in [0, 0.05) is 12.0 Å². The highest BCUT2D eigenvalue weighted by atomic mass is 31.1. The molecule has 0 nitrogen and oxygen atoms in total. The lowest BCUT2D eigenvalue weighted by molar-refractivity contribution is -0.286. The van der Waals surface area contributed by atoms with Gasteiger partial charge in [0.05, 0.1) is 27.1 Å². The zero-order chi connectivity index (χ0) is 76.8. The van der Waals surface area contributed by atoms with Crippen LogP contribution in [0.2, 0.25) is 0 Å². The number of hydrogen-bond acceptors (Lipinski definition) is 0. The van der Waals surface area contributed by atoms with Gasteiger partial charge in [0.25, 0.3) is 0 Å². The predicted molar refractivity (Wildman–Crippen MR) is 295 cm³/mol. The zero-order valence-electron chi connectivity index (χ0n) is 49.1. The number of hydrogen-bond donors (Lipinski definition) is 0. The highest BCUT2D eigenvalue weighted by Crippen LogP contribution is 2.63. The standard InChI is InChI=1S/C40H8BF20.C12H4F6.C11H14F11P/c42-13-5-1-9-17(25(13)46)29(50)37(58)33(54)21(9)41(22-10-2-6-14(43)26(47)18(10)30(51)38(59)34(22)55,23-11-3-7-15(44)27(48)19(11)31(52)39(60)35(23)56)24-12-4-8-16(45)28(49)20(12)32(53)40(61)36(24)57;13-6-4-2-1-3-5(6)7-8(14)10(16)12(18)11(17)9(7)15;1-2-3-4-5-6-7(12,13)8(14,15)10(19,20)23-11(21,22)9(16,17)18/h1-8H;1-4H;23H,2-6H2,1H3/q-1;;/p+1. The minimum atomic E-state index is -6.52. The van der Waals surface area contributed by atoms with Crippen molar-refractivity contribution in [3.05, 3.63) is 224 Å². The molecule has 0 heterocycles. The van der Waals surface area contributed by atoms with Gasteiger partial charge < -0.3 is 0 Å². The molecule has 1 atom stereocenters. The summed E-state index contributed by atoms with van der Waals surface area (Å²) in [5.74, 6) is -78.2. The van der Waals surface area contributed by atoms with Crippen LogP contribution >= 0.6 is 8.58 Å². The Kier molecular flexibility index (Phi) is 21.7. The third-order valence-electron chi connectivity index (χ3n) is 16.0. The molecule has 10 rings (SSSR count). The molecule has 0 saturated carbocycles. The monoisotopic (exact) mass is 1530 g/mol. The summed E-state index contributed by atoms with van der Waals surface area (Å²) >= 11 is 0. The molecular formula is C63H27BF37P. The minimum Gasteiger partial charge on any atom is -0.207 e. The fourth-order valence-electron chi connectivity index (χ4n) is 11.4. The van der Waals surface area contributed by atoms with Gasteiger partial charge in [-0.05, 0) is 58.3 Å². The van der Waals surface area contributed by atoms with Crippen molar-refractivity contribution in [2.24, 2.45) is 0 Å². The molecule has 0 saturated heterocycles. The van der Waals surface area contributed by atoms with Crippen molar-refractivity contribution >= 4 is 79.7 Å². The fraction of sp³-hybridized carbons (Fsp3) is 0.175. The molecule has 0 radical (unpaired) electrons. The van der Waals surface area contributed by atoms with Crippen LogP contribution in [0.15, 0.2) is 72.8 Å². The van der Waals surface area contributed by atoms with E-state index in [1.165, 1.54) is 12.1 Å². The molecule has 1 unspecified atom stereocenters. The van der Waals surface area contributed by atoms with Gasteiger partial charge >= 0.3 is 29.3 Å². The first-order chi connectivity index (χ1) is 47.1. The molecule has 10 aromatic carbocycles. The van der Waals surface area contributed by atoms with Crippen molar-refractivity contribution in [1.29, 1.82) is 0 Å². The van der Waals surface area contributed by atoms with Crippen molar-refractivity contribution < 1.29 is 162 Å². The first-order valence-corrected chi connectivity index (χ1v) is 28.9. The Balaban J connectivity index is 0.000000262. The van der Waals surface area contributed by atoms with Crippen LogP contribution < -0.4 is 21.9 Å². The quantitative estimate of drug-likeness (QED) is 0.0254. The Morgan fingerprint density at radius 1 is 0.284 bits per heavy atom. The minimum absolute atomic E-state index is 0.0132. The molecule has 10 aromatic rings. The van der Waals surface area contributed by atoms with Crippen LogP contribution in [0.25, 0.3) is 54.2 Å². The van der Waals surface area contributed by atoms with Gasteiger partial charge in [-0.2, -0.15) is 48.3 Å². The van der Waals surface area contributed by atoms with Gasteiger partial charge in [-0.25, -0.2) is 114 Å². The van der Waals surface area contributed by atoms with Crippen molar-refractivity contribution in [1.82, 2.24) is 0 Å². The Labute approximate surface area is 544 Å². The van der Waals surface area contributed by atoms with Gasteiger partial charge in [-0.3, -0.25) is 0 Å². The maximum Gasteiger partial charge on any atom is 0.493 e. The van der Waals surface area contributed by atoms with Crippen LogP contribution in [0.1, 0.15) is 39.0 Å². The number of alkyl halides is 11. The largest absolute Gasteiger partial charge is 0.493 e. The summed E-state index contributed by atoms with van der Waals surface area (Å²) < 4.78 is 536. The Hall–Kier alpha value is -8.86. The van der Waals surface area contributed by atoms with E-state index in [1.807, 2.05) is 0 Å². The lowest BCUT2D eigenvalue weighted by atomic mass is 9.11. The van der Waals surface area contributed by atoms with E-state index in [9.17, 15) is 92.2 Å². The molecule has 0 amide bonds. The van der Waals surface area contributed by atoms with Crippen molar-refractivity contribution in [2.75, 3.05) is 0 Å². The average Bonchev–Trinajstić information content (AvgIpc) is 0.669. The van der Waals surface area contributed by atoms with Gasteiger partial charge in [0.15, 0.2) is 125 Å². The molecule has 0 fully saturated rings. The Morgan fingerprint density at radius 2 is 0.569 bits per heavy atom. The molecule has 102 heavy (non-hydrogen) atoms. The third kappa shape index (κ3) is 12.6. The predicted octanol–water partition coefficient (Wildman–Crippen LogP) is 21.0. The molecule has 0 aromatic heterocycles. The number of halogens is 37. The number of benzene rings is 10. The highest BCUT2D eigenvalue weighted by molar-refractivity contribution is 7.41. The van der Waals surface area contributed by atoms with Crippen LogP contribution in [0.4, 0.5) is 162 Å². The topological polar surface area (TPSA) is 0 Å². The average molecular weight is 1530 g/mol. The molecule has 0 bridgehead atoms. The van der Waals surface area contributed by atoms with Gasteiger partial charge in [-0.1, -0.05) is 68.7 Å². The first kappa shape index (κ1) is 78.9. The molecule has 0 aliphatic heterocycles. The van der Waals surface area contributed by atoms with E-state index in [4.69, 9.17) is 0 Å². The van der Waals surface area contributed by atoms with Gasteiger partial charge in [0.1, 0.15) is 35.2 Å². The van der Waals surface area contributed by atoms with E-state index in [1.54, 1.807) is 6.92 Å². The summed E-state index contributed by atoms with van der Waals surface area (Å²) in [7, 11) is -4.66. The van der Waals surface area contributed by atoms with Crippen LogP contribution in [0.3, 0.4) is 0 Å². The second kappa shape index (κ2) is 28.1. The van der Waals surface area contributed by atoms with E-state index in [-0.39, 0.29) is 55.0 Å². The molecule has 546 valence electrons. The number of fused-ring (bicyclic) bond motifs is 4. The molecular weight excluding hydrogens is 1500 g/mol. The summed E-state index contributed by atoms with van der Waals surface area (Å²) in [6, 6.07) is 3.74. The highest BCUT2D eigenvalue weighted by Gasteiger charge is 2.80. The second-order valence-corrected chi connectivity index (χ2v) is 23.6. The molecule has 39 heteroatoms. The van der Waals surface area contributed by atoms with E-state index in [2.05, 4.69) is 0 Å². The molecule has 0 spiro atoms. The summed E-state index contributed by atoms with van der Waals surface area (Å²) in [6.45, 7) is 1.66. The van der Waals surface area contributed by atoms with Crippen LogP contribution in [-0.4, -0.2) is 35.5 Å². The number of unbranched alkanes of at least 4 members (excludes halogenated alkanes) is 3. The normalized spacial score (nSPS) is 12.8. The molecule has 0 N–H and O–H groups in total. The summed E-state index contributed by atoms with van der Waals surface area (Å²) in [4.78, 5) is 0. The Morgan fingerprint density at radius 3 is 0.853 bits per heavy atom. The third-order valence-corrected chi connectivity index (χ3v) is 17.4. The maximum atomic E-state index is 17.3. The summed E-state index contributed by atoms with van der Waals surface area (Å²) in [5, 5.41) is -16.2. The summed E-state index contributed by atoms with van der Waals surface area (Å²) in [5.41, 5.74) is -24.0.